The fourth-order valence-corrected chi connectivity index (χ4v) is 7.96. The van der Waals surface area contributed by atoms with Gasteiger partial charge in [0, 0.05) is 33.5 Å². The van der Waals surface area contributed by atoms with Crippen molar-refractivity contribution in [3.63, 3.8) is 0 Å². The van der Waals surface area contributed by atoms with Gasteiger partial charge in [-0.1, -0.05) is 74.4 Å². The zero-order chi connectivity index (χ0) is 27.8. The van der Waals surface area contributed by atoms with E-state index in [4.69, 9.17) is 23.2 Å². The summed E-state index contributed by atoms with van der Waals surface area (Å²) in [6.45, 7) is 8.43. The quantitative estimate of drug-likeness (QED) is 0.198. The van der Waals surface area contributed by atoms with Crippen LogP contribution in [-0.2, 0) is 15.0 Å². The molecule has 1 N–H and O–H groups in total. The molecule has 0 unspecified atom stereocenters. The second-order valence-corrected chi connectivity index (χ2v) is 13.3. The number of fused-ring (bicyclic) bond motifs is 3. The minimum absolute atomic E-state index is 0.0685. The average Bonchev–Trinajstić information content (AvgIpc) is 2.93. The number of carboxylic acid groups (broad SMARTS) is 1. The van der Waals surface area contributed by atoms with Crippen LogP contribution < -0.4 is 4.90 Å². The van der Waals surface area contributed by atoms with Gasteiger partial charge in [-0.05, 0) is 95.4 Å². The maximum atomic E-state index is 13.9. The van der Waals surface area contributed by atoms with Crippen molar-refractivity contribution in [2.45, 2.75) is 77.6 Å². The summed E-state index contributed by atoms with van der Waals surface area (Å²) in [4.78, 5) is 28.3. The SMILES string of the molecule is CC(C)c1c(Cl)cc2c(c1Cl)N(CCCC#Cc1ccccc1I)C(=O)C[C@H]1[C@](C)(C(=O)O)CCC[C@]21C. The maximum Gasteiger partial charge on any atom is 0.309 e. The third kappa shape index (κ3) is 5.21. The summed E-state index contributed by atoms with van der Waals surface area (Å²) in [5, 5.41) is 11.4. The number of hydrogen-bond acceptors (Lipinski definition) is 2. The number of carbonyl (C=O) groups excluding carboxylic acids is 1. The normalized spacial score (nSPS) is 24.8. The lowest BCUT2D eigenvalue weighted by atomic mass is 9.53. The fraction of sp³-hybridized carbons (Fsp3) is 0.484. The van der Waals surface area contributed by atoms with Gasteiger partial charge in [-0.2, -0.15) is 0 Å². The highest BCUT2D eigenvalue weighted by atomic mass is 127. The Balaban J connectivity index is 1.76. The molecule has 2 aromatic carbocycles. The van der Waals surface area contributed by atoms with Gasteiger partial charge in [0.15, 0.2) is 0 Å². The van der Waals surface area contributed by atoms with Gasteiger partial charge in [0.25, 0.3) is 0 Å². The summed E-state index contributed by atoms with van der Waals surface area (Å²) in [5.41, 5.74) is 1.86. The van der Waals surface area contributed by atoms with Crippen molar-refractivity contribution in [3.05, 3.63) is 60.6 Å². The van der Waals surface area contributed by atoms with Crippen LogP contribution in [0.5, 0.6) is 0 Å². The van der Waals surface area contributed by atoms with E-state index in [0.29, 0.717) is 41.5 Å². The van der Waals surface area contributed by atoms with E-state index in [1.165, 1.54) is 0 Å². The van der Waals surface area contributed by atoms with Gasteiger partial charge in [0.05, 0.1) is 16.1 Å². The van der Waals surface area contributed by atoms with Crippen molar-refractivity contribution in [3.8, 4) is 11.8 Å². The van der Waals surface area contributed by atoms with Crippen LogP contribution in [0, 0.1) is 26.7 Å². The lowest BCUT2D eigenvalue weighted by Crippen LogP contribution is -2.50. The predicted molar refractivity (Wildman–Crippen MR) is 163 cm³/mol. The molecule has 0 spiro atoms. The Kier molecular flexibility index (Phi) is 8.76. The molecule has 4 nitrogen and oxygen atoms in total. The molecule has 7 heteroatoms. The number of anilines is 1. The molecular formula is C31H34Cl2INO3. The van der Waals surface area contributed by atoms with Crippen LogP contribution in [0.2, 0.25) is 10.0 Å². The minimum Gasteiger partial charge on any atom is -0.481 e. The number of hydrogen-bond donors (Lipinski definition) is 1. The summed E-state index contributed by atoms with van der Waals surface area (Å²) < 4.78 is 1.11. The smallest absolute Gasteiger partial charge is 0.309 e. The summed E-state index contributed by atoms with van der Waals surface area (Å²) in [5.74, 6) is 5.26. The lowest BCUT2D eigenvalue weighted by molar-refractivity contribution is -0.157. The van der Waals surface area contributed by atoms with Crippen molar-refractivity contribution >= 4 is 63.4 Å². The van der Waals surface area contributed by atoms with Crippen LogP contribution in [0.25, 0.3) is 0 Å². The predicted octanol–water partition coefficient (Wildman–Crippen LogP) is 8.44. The van der Waals surface area contributed by atoms with Gasteiger partial charge in [0.1, 0.15) is 0 Å². The Morgan fingerprint density at radius 2 is 1.95 bits per heavy atom. The molecule has 3 atom stereocenters. The Hall–Kier alpha value is -1.75. The van der Waals surface area contributed by atoms with Crippen LogP contribution in [0.1, 0.15) is 88.8 Å². The fourth-order valence-electron chi connectivity index (χ4n) is 6.45. The first-order valence-corrected chi connectivity index (χ1v) is 15.0. The van der Waals surface area contributed by atoms with E-state index in [1.54, 1.807) is 11.8 Å². The first-order valence-electron chi connectivity index (χ1n) is 13.2. The largest absolute Gasteiger partial charge is 0.481 e. The monoisotopic (exact) mass is 665 g/mol. The highest BCUT2D eigenvalue weighted by molar-refractivity contribution is 14.1. The number of halogens is 3. The molecule has 0 bridgehead atoms. The van der Waals surface area contributed by atoms with E-state index in [9.17, 15) is 14.7 Å². The molecule has 1 heterocycles. The number of unbranched alkanes of at least 4 members (excludes halogenated alkanes) is 1. The molecule has 38 heavy (non-hydrogen) atoms. The Labute approximate surface area is 249 Å². The molecule has 2 aliphatic rings. The summed E-state index contributed by atoms with van der Waals surface area (Å²) in [6.07, 6.45) is 3.55. The number of benzene rings is 2. The van der Waals surface area contributed by atoms with Crippen LogP contribution in [-0.4, -0.2) is 23.5 Å². The molecule has 2 aromatic rings. The van der Waals surface area contributed by atoms with Crippen LogP contribution in [0.3, 0.4) is 0 Å². The third-order valence-electron chi connectivity index (χ3n) is 8.57. The van der Waals surface area contributed by atoms with E-state index in [0.717, 1.165) is 33.1 Å². The second-order valence-electron chi connectivity index (χ2n) is 11.3. The second kappa shape index (κ2) is 11.4. The molecule has 0 saturated heterocycles. The number of carboxylic acids is 1. The molecule has 4 rings (SSSR count). The van der Waals surface area contributed by atoms with Crippen LogP contribution in [0.4, 0.5) is 5.69 Å². The molecular weight excluding hydrogens is 632 g/mol. The van der Waals surface area contributed by atoms with Gasteiger partial charge in [0.2, 0.25) is 5.91 Å². The van der Waals surface area contributed by atoms with E-state index < -0.39 is 16.8 Å². The zero-order valence-corrected chi connectivity index (χ0v) is 26.0. The van der Waals surface area contributed by atoms with Crippen molar-refractivity contribution in [1.29, 1.82) is 0 Å². The first-order chi connectivity index (χ1) is 17.9. The molecule has 1 amide bonds. The molecule has 0 radical (unpaired) electrons. The van der Waals surface area contributed by atoms with E-state index >= 15 is 0 Å². The maximum absolute atomic E-state index is 13.9. The van der Waals surface area contributed by atoms with E-state index in [2.05, 4.69) is 41.4 Å². The third-order valence-corrected chi connectivity index (χ3v) is 10.2. The Morgan fingerprint density at radius 3 is 2.61 bits per heavy atom. The molecule has 1 aliphatic carbocycles. The lowest BCUT2D eigenvalue weighted by Gasteiger charge is -2.49. The number of carbonyl (C=O) groups is 2. The molecule has 202 valence electrons. The molecule has 0 aromatic heterocycles. The molecule has 1 aliphatic heterocycles. The van der Waals surface area contributed by atoms with Gasteiger partial charge >= 0.3 is 5.97 Å². The van der Waals surface area contributed by atoms with Gasteiger partial charge in [-0.25, -0.2) is 0 Å². The highest BCUT2D eigenvalue weighted by Crippen LogP contribution is 2.59. The van der Waals surface area contributed by atoms with Crippen LogP contribution >= 0.6 is 45.8 Å². The minimum atomic E-state index is -1.01. The van der Waals surface area contributed by atoms with Crippen LogP contribution in [0.15, 0.2) is 30.3 Å². The Bertz CT molecular complexity index is 1330. The summed E-state index contributed by atoms with van der Waals surface area (Å²) in [6, 6.07) is 9.96. The molecule has 1 saturated carbocycles. The Morgan fingerprint density at radius 1 is 1.24 bits per heavy atom. The summed E-state index contributed by atoms with van der Waals surface area (Å²) in [7, 11) is 0. The zero-order valence-electron chi connectivity index (χ0n) is 22.3. The number of aliphatic carboxylic acids is 1. The van der Waals surface area contributed by atoms with Gasteiger partial charge in [-0.3, -0.25) is 9.59 Å². The van der Waals surface area contributed by atoms with Crippen molar-refractivity contribution in [2.75, 3.05) is 11.4 Å². The van der Waals surface area contributed by atoms with E-state index in [-0.39, 0.29) is 24.2 Å². The number of nitrogens with zero attached hydrogens (tertiary/aromatic N) is 1. The summed E-state index contributed by atoms with van der Waals surface area (Å²) >= 11 is 16.2. The first kappa shape index (κ1) is 29.2. The van der Waals surface area contributed by atoms with Crippen molar-refractivity contribution < 1.29 is 14.7 Å². The molecule has 1 fully saturated rings. The standard InChI is InChI=1S/C31H34Cl2INO3/c1-19(2)26-22(32)17-21-28(27(26)33)35(16-9-5-6-11-20-12-7-8-13-23(20)34)25(36)18-24-30(21,3)14-10-15-31(24,4)29(37)38/h7-8,12-13,17,19,24H,5,9-10,14-16,18H2,1-4H3,(H,37,38)/t24-,30-,31-/m1/s1. The van der Waals surface area contributed by atoms with Crippen molar-refractivity contribution in [1.82, 2.24) is 0 Å². The van der Waals surface area contributed by atoms with E-state index in [1.807, 2.05) is 44.2 Å². The van der Waals surface area contributed by atoms with Gasteiger partial charge in [-0.15, -0.1) is 0 Å². The number of amides is 1. The van der Waals surface area contributed by atoms with Crippen molar-refractivity contribution in [2.24, 2.45) is 11.3 Å². The average molecular weight is 666 g/mol. The highest BCUT2D eigenvalue weighted by Gasteiger charge is 2.57. The number of rotatable bonds is 5. The van der Waals surface area contributed by atoms with Gasteiger partial charge < -0.3 is 10.0 Å². The topological polar surface area (TPSA) is 57.6 Å².